The molecule has 0 bridgehead atoms. The highest BCUT2D eigenvalue weighted by molar-refractivity contribution is 5.92. The maximum Gasteiger partial charge on any atom is 0.231 e. The number of rotatable bonds is 6. The standard InChI is InChI=1S/C23H27N3O3/c27-18-5-3-4-16(12-18)20(14-26-10-1-2-11-26)25-22(28)23(8-9-23)17-6-7-21-19(13-17)24-15-29-21/h3-7,12-13,20,24,27H,1-2,8-11,14-15H2,(H,25,28). The second-order valence-electron chi connectivity index (χ2n) is 8.39. The molecule has 0 radical (unpaired) electrons. The Balaban J connectivity index is 1.38. The largest absolute Gasteiger partial charge is 0.508 e. The summed E-state index contributed by atoms with van der Waals surface area (Å²) < 4.78 is 5.51. The Bertz CT molecular complexity index is 919. The Morgan fingerprint density at radius 3 is 2.79 bits per heavy atom. The fourth-order valence-electron chi connectivity index (χ4n) is 4.55. The van der Waals surface area contributed by atoms with E-state index in [0.29, 0.717) is 6.73 Å². The molecule has 3 N–H and O–H groups in total. The van der Waals surface area contributed by atoms with E-state index in [9.17, 15) is 9.90 Å². The molecule has 0 aromatic heterocycles. The minimum atomic E-state index is -0.459. The first-order valence-electron chi connectivity index (χ1n) is 10.5. The van der Waals surface area contributed by atoms with Crippen molar-refractivity contribution in [3.8, 4) is 11.5 Å². The number of hydrogen-bond donors (Lipinski definition) is 3. The van der Waals surface area contributed by atoms with Crippen LogP contribution < -0.4 is 15.4 Å². The third-order valence-electron chi connectivity index (χ3n) is 6.42. The number of ether oxygens (including phenoxy) is 1. The molecule has 0 spiro atoms. The predicted octanol–water partition coefficient (Wildman–Crippen LogP) is 3.14. The topological polar surface area (TPSA) is 73.8 Å². The Morgan fingerprint density at radius 2 is 2.03 bits per heavy atom. The predicted molar refractivity (Wildman–Crippen MR) is 111 cm³/mol. The molecule has 1 unspecified atom stereocenters. The van der Waals surface area contributed by atoms with Gasteiger partial charge in [-0.3, -0.25) is 4.79 Å². The van der Waals surface area contributed by atoms with Crippen molar-refractivity contribution >= 4 is 11.6 Å². The Morgan fingerprint density at radius 1 is 1.21 bits per heavy atom. The van der Waals surface area contributed by atoms with Crippen LogP contribution in [-0.2, 0) is 10.2 Å². The Kier molecular flexibility index (Phi) is 4.59. The first kappa shape index (κ1) is 18.3. The molecule has 2 aliphatic heterocycles. The van der Waals surface area contributed by atoms with Gasteiger partial charge in [-0.25, -0.2) is 0 Å². The lowest BCUT2D eigenvalue weighted by molar-refractivity contribution is -0.124. The van der Waals surface area contributed by atoms with Gasteiger partial charge < -0.3 is 25.4 Å². The van der Waals surface area contributed by atoms with Crippen LogP contribution in [0.5, 0.6) is 11.5 Å². The summed E-state index contributed by atoms with van der Waals surface area (Å²) in [5.41, 5.74) is 2.50. The van der Waals surface area contributed by atoms with E-state index in [1.165, 1.54) is 12.8 Å². The van der Waals surface area contributed by atoms with Crippen LogP contribution in [0.15, 0.2) is 42.5 Å². The summed E-state index contributed by atoms with van der Waals surface area (Å²) in [7, 11) is 0. The first-order valence-corrected chi connectivity index (χ1v) is 10.5. The van der Waals surface area contributed by atoms with Crippen molar-refractivity contribution in [2.75, 3.05) is 31.7 Å². The number of carbonyl (C=O) groups excluding carboxylic acids is 1. The highest BCUT2D eigenvalue weighted by atomic mass is 16.5. The summed E-state index contributed by atoms with van der Waals surface area (Å²) in [4.78, 5) is 15.8. The van der Waals surface area contributed by atoms with Gasteiger partial charge in [0.05, 0.1) is 17.1 Å². The zero-order valence-electron chi connectivity index (χ0n) is 16.5. The van der Waals surface area contributed by atoms with E-state index in [0.717, 1.165) is 55.0 Å². The molecule has 29 heavy (non-hydrogen) atoms. The molecular formula is C23H27N3O3. The van der Waals surface area contributed by atoms with E-state index < -0.39 is 5.41 Å². The van der Waals surface area contributed by atoms with E-state index in [1.807, 2.05) is 24.3 Å². The van der Waals surface area contributed by atoms with Crippen LogP contribution in [0.2, 0.25) is 0 Å². The monoisotopic (exact) mass is 393 g/mol. The van der Waals surface area contributed by atoms with Gasteiger partial charge in [0.1, 0.15) is 11.5 Å². The highest BCUT2D eigenvalue weighted by Crippen LogP contribution is 2.50. The molecule has 5 rings (SSSR count). The van der Waals surface area contributed by atoms with Crippen molar-refractivity contribution in [1.82, 2.24) is 10.2 Å². The third-order valence-corrected chi connectivity index (χ3v) is 6.42. The number of amides is 1. The van der Waals surface area contributed by atoms with Crippen LogP contribution in [0, 0.1) is 0 Å². The lowest BCUT2D eigenvalue weighted by atomic mass is 9.93. The number of phenolic OH excluding ortho intramolecular Hbond substituents is 1. The van der Waals surface area contributed by atoms with Crippen LogP contribution >= 0.6 is 0 Å². The summed E-state index contributed by atoms with van der Waals surface area (Å²) in [5, 5.41) is 16.5. The number of benzene rings is 2. The van der Waals surface area contributed by atoms with E-state index in [4.69, 9.17) is 4.74 Å². The van der Waals surface area contributed by atoms with Crippen molar-refractivity contribution < 1.29 is 14.6 Å². The van der Waals surface area contributed by atoms with Gasteiger partial charge in [-0.15, -0.1) is 0 Å². The van der Waals surface area contributed by atoms with Gasteiger partial charge in [-0.1, -0.05) is 18.2 Å². The van der Waals surface area contributed by atoms with Crippen LogP contribution in [-0.4, -0.2) is 42.3 Å². The van der Waals surface area contributed by atoms with Crippen molar-refractivity contribution in [2.24, 2.45) is 0 Å². The number of nitrogens with zero attached hydrogens (tertiary/aromatic N) is 1. The zero-order valence-corrected chi connectivity index (χ0v) is 16.5. The lowest BCUT2D eigenvalue weighted by Crippen LogP contribution is -2.41. The van der Waals surface area contributed by atoms with Gasteiger partial charge in [0.2, 0.25) is 5.91 Å². The molecule has 2 aromatic rings. The van der Waals surface area contributed by atoms with Crippen LogP contribution in [0.1, 0.15) is 42.9 Å². The van der Waals surface area contributed by atoms with Gasteiger partial charge in [0.25, 0.3) is 0 Å². The molecule has 1 aliphatic carbocycles. The summed E-state index contributed by atoms with van der Waals surface area (Å²) in [6.07, 6.45) is 4.12. The molecule has 2 heterocycles. The maximum atomic E-state index is 13.4. The third kappa shape index (κ3) is 3.53. The highest BCUT2D eigenvalue weighted by Gasteiger charge is 2.52. The van der Waals surface area contributed by atoms with Crippen molar-refractivity contribution in [1.29, 1.82) is 0 Å². The number of nitrogens with one attached hydrogen (secondary N) is 2. The SMILES string of the molecule is O=C(NC(CN1CCCC1)c1cccc(O)c1)C1(c2ccc3c(c2)NCO3)CC1. The molecule has 152 valence electrons. The molecule has 6 heteroatoms. The second kappa shape index (κ2) is 7.26. The van der Waals surface area contributed by atoms with Gasteiger partial charge in [-0.2, -0.15) is 0 Å². The Labute approximate surface area is 170 Å². The normalized spacial score (nSPS) is 20.4. The fourth-order valence-corrected chi connectivity index (χ4v) is 4.55. The van der Waals surface area contributed by atoms with Crippen molar-refractivity contribution in [3.63, 3.8) is 0 Å². The lowest BCUT2D eigenvalue weighted by Gasteiger charge is -2.27. The summed E-state index contributed by atoms with van der Waals surface area (Å²) >= 11 is 0. The molecule has 2 aromatic carbocycles. The minimum Gasteiger partial charge on any atom is -0.508 e. The molecule has 1 saturated heterocycles. The zero-order chi connectivity index (χ0) is 19.8. The quantitative estimate of drug-likeness (QED) is 0.703. The minimum absolute atomic E-state index is 0.0731. The van der Waals surface area contributed by atoms with Crippen LogP contribution in [0.4, 0.5) is 5.69 Å². The second-order valence-corrected chi connectivity index (χ2v) is 8.39. The fraction of sp³-hybridized carbons (Fsp3) is 0.435. The molecule has 3 aliphatic rings. The van der Waals surface area contributed by atoms with Gasteiger partial charge >= 0.3 is 0 Å². The number of anilines is 1. The van der Waals surface area contributed by atoms with Crippen molar-refractivity contribution in [3.05, 3.63) is 53.6 Å². The molecular weight excluding hydrogens is 366 g/mol. The average molecular weight is 393 g/mol. The number of likely N-dealkylation sites (tertiary alicyclic amines) is 1. The summed E-state index contributed by atoms with van der Waals surface area (Å²) in [6.45, 7) is 3.37. The van der Waals surface area contributed by atoms with Crippen LogP contribution in [0.3, 0.4) is 0 Å². The maximum absolute atomic E-state index is 13.4. The average Bonchev–Trinajstić information content (AvgIpc) is 3.14. The molecule has 1 amide bonds. The number of fused-ring (bicyclic) bond motifs is 1. The number of carbonyl (C=O) groups is 1. The number of aromatic hydroxyl groups is 1. The molecule has 1 saturated carbocycles. The van der Waals surface area contributed by atoms with Gasteiger partial charge in [0.15, 0.2) is 6.73 Å². The molecule has 1 atom stereocenters. The van der Waals surface area contributed by atoms with Crippen LogP contribution in [0.25, 0.3) is 0 Å². The molecule has 2 fully saturated rings. The van der Waals surface area contributed by atoms with E-state index in [2.05, 4.69) is 21.6 Å². The smallest absolute Gasteiger partial charge is 0.231 e. The Hall–Kier alpha value is -2.73. The van der Waals surface area contributed by atoms with Gasteiger partial charge in [-0.05, 0) is 74.2 Å². The first-order chi connectivity index (χ1) is 14.1. The van der Waals surface area contributed by atoms with Gasteiger partial charge in [0, 0.05) is 6.54 Å². The summed E-state index contributed by atoms with van der Waals surface area (Å²) in [5.74, 6) is 1.15. The van der Waals surface area contributed by atoms with Crippen molar-refractivity contribution in [2.45, 2.75) is 37.1 Å². The summed E-state index contributed by atoms with van der Waals surface area (Å²) in [6, 6.07) is 13.1. The van der Waals surface area contributed by atoms with E-state index in [1.54, 1.807) is 12.1 Å². The number of phenols is 1. The van der Waals surface area contributed by atoms with E-state index in [-0.39, 0.29) is 17.7 Å². The molecule has 6 nitrogen and oxygen atoms in total. The van der Waals surface area contributed by atoms with E-state index >= 15 is 0 Å². The number of hydrogen-bond acceptors (Lipinski definition) is 5.